The van der Waals surface area contributed by atoms with Crippen LogP contribution < -0.4 is 5.32 Å². The number of aromatic nitrogens is 4. The van der Waals surface area contributed by atoms with Gasteiger partial charge in [0, 0.05) is 25.2 Å². The Labute approximate surface area is 122 Å². The Balaban J connectivity index is 1.64. The smallest absolute Gasteiger partial charge is 0.227 e. The molecule has 0 aliphatic heterocycles. The molecule has 0 radical (unpaired) electrons. The average Bonchev–Trinajstić information content (AvgIpc) is 3.14. The highest BCUT2D eigenvalue weighted by Gasteiger charge is 2.08. The maximum absolute atomic E-state index is 4.96. The molecule has 0 fully saturated rings. The second-order valence-corrected chi connectivity index (χ2v) is 4.73. The zero-order valence-electron chi connectivity index (χ0n) is 11.9. The first-order chi connectivity index (χ1) is 10.3. The van der Waals surface area contributed by atoms with Gasteiger partial charge in [0.15, 0.2) is 6.33 Å². The fourth-order valence-electron chi connectivity index (χ4n) is 2.26. The topological polar surface area (TPSA) is 68.8 Å². The van der Waals surface area contributed by atoms with Crippen LogP contribution in [0.3, 0.4) is 0 Å². The fourth-order valence-corrected chi connectivity index (χ4v) is 2.26. The fraction of sp³-hybridized carbons (Fsp3) is 0.267. The lowest BCUT2D eigenvalue weighted by Crippen LogP contribution is -2.19. The van der Waals surface area contributed by atoms with Crippen molar-refractivity contribution in [1.82, 2.24) is 25.0 Å². The predicted molar refractivity (Wildman–Crippen MR) is 78.0 cm³/mol. The van der Waals surface area contributed by atoms with Gasteiger partial charge in [-0.05, 0) is 19.1 Å². The van der Waals surface area contributed by atoms with Crippen LogP contribution in [0, 0.1) is 6.92 Å². The van der Waals surface area contributed by atoms with Gasteiger partial charge >= 0.3 is 0 Å². The molecule has 0 bridgehead atoms. The largest absolute Gasteiger partial charge is 0.340 e. The SMILES string of the molecule is Cc1ncc(CNCCc2ncno2)n1-c1ccccc1. The quantitative estimate of drug-likeness (QED) is 0.700. The van der Waals surface area contributed by atoms with Crippen LogP contribution in [-0.2, 0) is 13.0 Å². The van der Waals surface area contributed by atoms with Crippen molar-refractivity contribution in [2.24, 2.45) is 0 Å². The van der Waals surface area contributed by atoms with E-state index < -0.39 is 0 Å². The van der Waals surface area contributed by atoms with Gasteiger partial charge in [0.2, 0.25) is 5.89 Å². The molecule has 0 unspecified atom stereocenters. The number of imidazole rings is 1. The summed E-state index contributed by atoms with van der Waals surface area (Å²) in [5, 5.41) is 6.96. The van der Waals surface area contributed by atoms with Crippen molar-refractivity contribution in [1.29, 1.82) is 0 Å². The molecule has 3 aromatic rings. The van der Waals surface area contributed by atoms with Crippen LogP contribution in [0.15, 0.2) is 47.4 Å². The standard InChI is InChI=1S/C15H17N5O/c1-12-17-10-14(20(12)13-5-3-2-4-6-13)9-16-8-7-15-18-11-19-21-15/h2-6,10-11,16H,7-9H2,1H3. The van der Waals surface area contributed by atoms with E-state index in [9.17, 15) is 0 Å². The molecule has 0 saturated heterocycles. The van der Waals surface area contributed by atoms with Gasteiger partial charge in [0.05, 0.1) is 11.9 Å². The summed E-state index contributed by atoms with van der Waals surface area (Å²) in [6.45, 7) is 3.53. The molecule has 2 heterocycles. The first kappa shape index (κ1) is 13.5. The third-order valence-electron chi connectivity index (χ3n) is 3.25. The summed E-state index contributed by atoms with van der Waals surface area (Å²) < 4.78 is 7.12. The number of benzene rings is 1. The van der Waals surface area contributed by atoms with Crippen molar-refractivity contribution in [2.75, 3.05) is 6.54 Å². The Kier molecular flexibility index (Phi) is 4.07. The third-order valence-corrected chi connectivity index (χ3v) is 3.25. The number of hydrogen-bond donors (Lipinski definition) is 1. The highest BCUT2D eigenvalue weighted by Crippen LogP contribution is 2.14. The molecule has 1 aromatic carbocycles. The van der Waals surface area contributed by atoms with Crippen molar-refractivity contribution in [2.45, 2.75) is 19.9 Å². The van der Waals surface area contributed by atoms with E-state index >= 15 is 0 Å². The molecule has 21 heavy (non-hydrogen) atoms. The molecule has 0 aliphatic rings. The number of nitrogens with zero attached hydrogens (tertiary/aromatic N) is 4. The van der Waals surface area contributed by atoms with Crippen molar-refractivity contribution in [3.05, 3.63) is 60.3 Å². The molecular formula is C15H17N5O. The Bertz CT molecular complexity index is 675. The Morgan fingerprint density at radius 1 is 1.19 bits per heavy atom. The Morgan fingerprint density at radius 2 is 2.05 bits per heavy atom. The van der Waals surface area contributed by atoms with Gasteiger partial charge in [0.25, 0.3) is 0 Å². The number of rotatable bonds is 6. The minimum Gasteiger partial charge on any atom is -0.340 e. The van der Waals surface area contributed by atoms with Gasteiger partial charge in [0.1, 0.15) is 5.82 Å². The van der Waals surface area contributed by atoms with E-state index in [-0.39, 0.29) is 0 Å². The molecule has 0 spiro atoms. The van der Waals surface area contributed by atoms with E-state index in [0.717, 1.165) is 36.7 Å². The first-order valence-electron chi connectivity index (χ1n) is 6.89. The van der Waals surface area contributed by atoms with Crippen molar-refractivity contribution < 1.29 is 4.52 Å². The molecule has 0 atom stereocenters. The molecule has 0 saturated carbocycles. The summed E-state index contributed by atoms with van der Waals surface area (Å²) in [6.07, 6.45) is 4.05. The van der Waals surface area contributed by atoms with Crippen molar-refractivity contribution >= 4 is 0 Å². The highest BCUT2D eigenvalue weighted by atomic mass is 16.5. The maximum atomic E-state index is 4.96. The van der Waals surface area contributed by atoms with Gasteiger partial charge in [-0.1, -0.05) is 23.4 Å². The summed E-state index contributed by atoms with van der Waals surface area (Å²) in [4.78, 5) is 8.40. The average molecular weight is 283 g/mol. The molecule has 2 aromatic heterocycles. The minimum atomic E-state index is 0.648. The Hall–Kier alpha value is -2.47. The van der Waals surface area contributed by atoms with Crippen LogP contribution in [0.1, 0.15) is 17.4 Å². The summed E-state index contributed by atoms with van der Waals surface area (Å²) in [6, 6.07) is 10.2. The molecule has 1 N–H and O–H groups in total. The molecule has 0 amide bonds. The second kappa shape index (κ2) is 6.32. The highest BCUT2D eigenvalue weighted by molar-refractivity contribution is 5.35. The lowest BCUT2D eigenvalue weighted by atomic mass is 10.3. The molecular weight excluding hydrogens is 266 g/mol. The number of para-hydroxylation sites is 1. The number of hydrogen-bond acceptors (Lipinski definition) is 5. The summed E-state index contributed by atoms with van der Waals surface area (Å²) >= 11 is 0. The van der Waals surface area contributed by atoms with Crippen LogP contribution in [0.5, 0.6) is 0 Å². The molecule has 3 rings (SSSR count). The number of nitrogens with one attached hydrogen (secondary N) is 1. The lowest BCUT2D eigenvalue weighted by molar-refractivity contribution is 0.374. The number of aryl methyl sites for hydroxylation is 1. The van der Waals surface area contributed by atoms with Gasteiger partial charge in [-0.2, -0.15) is 4.98 Å². The van der Waals surface area contributed by atoms with E-state index in [1.807, 2.05) is 31.3 Å². The molecule has 6 heteroatoms. The van der Waals surface area contributed by atoms with Crippen LogP contribution in [-0.4, -0.2) is 26.2 Å². The maximum Gasteiger partial charge on any atom is 0.227 e. The molecule has 0 aliphatic carbocycles. The molecule has 6 nitrogen and oxygen atoms in total. The zero-order valence-corrected chi connectivity index (χ0v) is 11.9. The third kappa shape index (κ3) is 3.17. The van der Waals surface area contributed by atoms with Gasteiger partial charge in [-0.25, -0.2) is 4.98 Å². The van der Waals surface area contributed by atoms with Crippen LogP contribution >= 0.6 is 0 Å². The van der Waals surface area contributed by atoms with Crippen LogP contribution in [0.2, 0.25) is 0 Å². The van der Waals surface area contributed by atoms with Crippen LogP contribution in [0.4, 0.5) is 0 Å². The van der Waals surface area contributed by atoms with E-state index in [1.54, 1.807) is 0 Å². The normalized spacial score (nSPS) is 10.9. The van der Waals surface area contributed by atoms with Gasteiger partial charge in [-0.15, -0.1) is 0 Å². The minimum absolute atomic E-state index is 0.648. The van der Waals surface area contributed by atoms with Crippen molar-refractivity contribution in [3.63, 3.8) is 0 Å². The van der Waals surface area contributed by atoms with Crippen LogP contribution in [0.25, 0.3) is 5.69 Å². The summed E-state index contributed by atoms with van der Waals surface area (Å²) in [5.41, 5.74) is 2.26. The van der Waals surface area contributed by atoms with E-state index in [4.69, 9.17) is 4.52 Å². The Morgan fingerprint density at radius 3 is 2.81 bits per heavy atom. The summed E-state index contributed by atoms with van der Waals surface area (Å²) in [7, 11) is 0. The van der Waals surface area contributed by atoms with E-state index in [2.05, 4.69) is 37.1 Å². The second-order valence-electron chi connectivity index (χ2n) is 4.73. The van der Waals surface area contributed by atoms with E-state index in [1.165, 1.54) is 6.33 Å². The summed E-state index contributed by atoms with van der Waals surface area (Å²) in [5.74, 6) is 1.63. The lowest BCUT2D eigenvalue weighted by Gasteiger charge is -2.10. The van der Waals surface area contributed by atoms with Gasteiger partial charge < -0.3 is 9.84 Å². The monoisotopic (exact) mass is 283 g/mol. The van der Waals surface area contributed by atoms with Crippen molar-refractivity contribution in [3.8, 4) is 5.69 Å². The predicted octanol–water partition coefficient (Wildman–Crippen LogP) is 1.90. The first-order valence-corrected chi connectivity index (χ1v) is 6.89. The van der Waals surface area contributed by atoms with E-state index in [0.29, 0.717) is 5.89 Å². The zero-order chi connectivity index (χ0) is 14.5. The molecule has 108 valence electrons. The van der Waals surface area contributed by atoms with Gasteiger partial charge in [-0.3, -0.25) is 4.57 Å².